The zero-order valence-electron chi connectivity index (χ0n) is 15.7. The molecule has 1 heterocycles. The fraction of sp³-hybridized carbons (Fsp3) is 0.571. The number of carbonyl (C=O) groups is 1. The Kier molecular flexibility index (Phi) is 4.90. The zero-order chi connectivity index (χ0) is 18.1. The summed E-state index contributed by atoms with van der Waals surface area (Å²) >= 11 is 0. The van der Waals surface area contributed by atoms with Crippen molar-refractivity contribution in [2.24, 2.45) is 17.8 Å². The molecule has 1 aliphatic heterocycles. The van der Waals surface area contributed by atoms with Crippen LogP contribution < -0.4 is 9.47 Å². The predicted molar refractivity (Wildman–Crippen MR) is 101 cm³/mol. The Morgan fingerprint density at radius 1 is 1.04 bits per heavy atom. The van der Waals surface area contributed by atoms with Gasteiger partial charge in [0.2, 0.25) is 0 Å². The highest BCUT2D eigenvalue weighted by atomic mass is 16.5. The molecule has 26 heavy (non-hydrogen) atoms. The van der Waals surface area contributed by atoms with E-state index < -0.39 is 0 Å². The van der Waals surface area contributed by atoms with E-state index in [2.05, 4.69) is 17.1 Å². The second-order valence-corrected chi connectivity index (χ2v) is 7.70. The molecule has 140 valence electrons. The molecule has 3 aliphatic rings. The van der Waals surface area contributed by atoms with E-state index >= 15 is 0 Å². The van der Waals surface area contributed by atoms with Crippen LogP contribution in [0.1, 0.15) is 23.2 Å². The van der Waals surface area contributed by atoms with Crippen LogP contribution in [-0.2, 0) is 0 Å². The third kappa shape index (κ3) is 3.32. The van der Waals surface area contributed by atoms with Gasteiger partial charge < -0.3 is 14.4 Å². The van der Waals surface area contributed by atoms with Crippen molar-refractivity contribution in [2.75, 3.05) is 46.9 Å². The minimum Gasteiger partial charge on any atom is -0.493 e. The van der Waals surface area contributed by atoms with Gasteiger partial charge in [-0.25, -0.2) is 0 Å². The van der Waals surface area contributed by atoms with E-state index in [0.717, 1.165) is 43.9 Å². The van der Waals surface area contributed by atoms with E-state index in [9.17, 15) is 4.79 Å². The molecule has 2 aliphatic carbocycles. The highest BCUT2D eigenvalue weighted by Gasteiger charge is 2.36. The van der Waals surface area contributed by atoms with Gasteiger partial charge in [-0.2, -0.15) is 0 Å². The first kappa shape index (κ1) is 17.4. The van der Waals surface area contributed by atoms with Crippen LogP contribution in [0.3, 0.4) is 0 Å². The van der Waals surface area contributed by atoms with Crippen LogP contribution in [0.5, 0.6) is 11.5 Å². The minimum atomic E-state index is 0.0773. The maximum absolute atomic E-state index is 12.8. The molecule has 0 unspecified atom stereocenters. The van der Waals surface area contributed by atoms with Gasteiger partial charge in [0.15, 0.2) is 11.5 Å². The number of hydrogen-bond donors (Lipinski definition) is 0. The Balaban J connectivity index is 1.33. The number of amides is 1. The van der Waals surface area contributed by atoms with Crippen molar-refractivity contribution in [2.45, 2.75) is 12.8 Å². The molecule has 1 amide bonds. The van der Waals surface area contributed by atoms with E-state index in [1.807, 2.05) is 11.0 Å². The molecule has 1 aromatic rings. The number of carbonyl (C=O) groups excluding carboxylic acids is 1. The number of allylic oxidation sites excluding steroid dienone is 2. The topological polar surface area (TPSA) is 42.0 Å². The molecule has 4 rings (SSSR count). The van der Waals surface area contributed by atoms with Gasteiger partial charge in [0.1, 0.15) is 0 Å². The van der Waals surface area contributed by atoms with Crippen molar-refractivity contribution in [1.82, 2.24) is 9.80 Å². The Labute approximate surface area is 155 Å². The smallest absolute Gasteiger partial charge is 0.254 e. The Bertz CT molecular complexity index is 694. The fourth-order valence-corrected chi connectivity index (χ4v) is 4.72. The Hall–Kier alpha value is -2.01. The summed E-state index contributed by atoms with van der Waals surface area (Å²) in [5, 5.41) is 0. The van der Waals surface area contributed by atoms with Crippen molar-refractivity contribution in [3.05, 3.63) is 35.9 Å². The van der Waals surface area contributed by atoms with Crippen LogP contribution in [-0.4, -0.2) is 62.7 Å². The SMILES string of the molecule is COc1ccc(C(=O)N2CCN(C[C@H]3C[C@@H]4C=C[C@@H]3C4)CC2)cc1OC. The maximum atomic E-state index is 12.8. The molecule has 0 radical (unpaired) electrons. The summed E-state index contributed by atoms with van der Waals surface area (Å²) in [5.74, 6) is 3.77. The lowest BCUT2D eigenvalue weighted by Gasteiger charge is -2.37. The molecule has 5 heteroatoms. The number of nitrogens with zero attached hydrogens (tertiary/aromatic N) is 2. The lowest BCUT2D eigenvalue weighted by atomic mass is 9.93. The molecule has 0 aromatic heterocycles. The Morgan fingerprint density at radius 3 is 2.42 bits per heavy atom. The minimum absolute atomic E-state index is 0.0773. The second kappa shape index (κ2) is 7.31. The molecule has 3 atom stereocenters. The highest BCUT2D eigenvalue weighted by molar-refractivity contribution is 5.95. The monoisotopic (exact) mass is 356 g/mol. The van der Waals surface area contributed by atoms with Gasteiger partial charge in [-0.1, -0.05) is 12.2 Å². The number of benzene rings is 1. The largest absolute Gasteiger partial charge is 0.493 e. The average molecular weight is 356 g/mol. The van der Waals surface area contributed by atoms with E-state index in [4.69, 9.17) is 9.47 Å². The van der Waals surface area contributed by atoms with Gasteiger partial charge in [0, 0.05) is 38.3 Å². The van der Waals surface area contributed by atoms with E-state index in [0.29, 0.717) is 17.1 Å². The van der Waals surface area contributed by atoms with Gasteiger partial charge in [-0.3, -0.25) is 9.69 Å². The maximum Gasteiger partial charge on any atom is 0.254 e. The van der Waals surface area contributed by atoms with Crippen LogP contribution in [0.2, 0.25) is 0 Å². The van der Waals surface area contributed by atoms with Gasteiger partial charge in [0.25, 0.3) is 5.91 Å². The molecule has 1 aromatic carbocycles. The standard InChI is InChI=1S/C21H28N2O3/c1-25-19-6-5-17(13-20(19)26-2)21(24)23-9-7-22(8-10-23)14-18-12-15-3-4-16(18)11-15/h3-6,13,15-16,18H,7-12,14H2,1-2H3/t15-,16-,18-/m1/s1. The third-order valence-corrected chi connectivity index (χ3v) is 6.20. The van der Waals surface area contributed by atoms with Crippen LogP contribution in [0.4, 0.5) is 0 Å². The van der Waals surface area contributed by atoms with E-state index in [-0.39, 0.29) is 5.91 Å². The fourth-order valence-electron chi connectivity index (χ4n) is 4.72. The quantitative estimate of drug-likeness (QED) is 0.761. The Morgan fingerprint density at radius 2 is 1.81 bits per heavy atom. The molecule has 2 fully saturated rings. The first-order valence-electron chi connectivity index (χ1n) is 9.60. The lowest BCUT2D eigenvalue weighted by Crippen LogP contribution is -2.50. The van der Waals surface area contributed by atoms with Crippen LogP contribution in [0.25, 0.3) is 0 Å². The van der Waals surface area contributed by atoms with Gasteiger partial charge in [0.05, 0.1) is 14.2 Å². The zero-order valence-corrected chi connectivity index (χ0v) is 15.7. The molecular weight excluding hydrogens is 328 g/mol. The molecule has 0 N–H and O–H groups in total. The van der Waals surface area contributed by atoms with E-state index in [1.54, 1.807) is 26.4 Å². The summed E-state index contributed by atoms with van der Waals surface area (Å²) in [7, 11) is 3.19. The first-order chi connectivity index (χ1) is 12.7. The van der Waals surface area contributed by atoms with Crippen LogP contribution >= 0.6 is 0 Å². The summed E-state index contributed by atoms with van der Waals surface area (Å²) in [5.41, 5.74) is 0.661. The number of fused-ring (bicyclic) bond motifs is 2. The highest BCUT2D eigenvalue weighted by Crippen LogP contribution is 2.43. The van der Waals surface area contributed by atoms with Crippen molar-refractivity contribution >= 4 is 5.91 Å². The lowest BCUT2D eigenvalue weighted by molar-refractivity contribution is 0.0610. The van der Waals surface area contributed by atoms with Crippen molar-refractivity contribution in [1.29, 1.82) is 0 Å². The molecule has 2 bridgehead atoms. The molecule has 5 nitrogen and oxygen atoms in total. The summed E-state index contributed by atoms with van der Waals surface area (Å²) in [6.07, 6.45) is 7.55. The molecule has 0 spiro atoms. The number of methoxy groups -OCH3 is 2. The normalized spacial score (nSPS) is 27.8. The second-order valence-electron chi connectivity index (χ2n) is 7.70. The molecule has 1 saturated heterocycles. The molecular formula is C21H28N2O3. The van der Waals surface area contributed by atoms with Crippen LogP contribution in [0, 0.1) is 17.8 Å². The third-order valence-electron chi connectivity index (χ3n) is 6.20. The number of piperazine rings is 1. The van der Waals surface area contributed by atoms with Crippen molar-refractivity contribution < 1.29 is 14.3 Å². The molecule has 1 saturated carbocycles. The van der Waals surface area contributed by atoms with Gasteiger partial charge >= 0.3 is 0 Å². The summed E-state index contributed by atoms with van der Waals surface area (Å²) in [6.45, 7) is 4.71. The number of rotatable bonds is 5. The van der Waals surface area contributed by atoms with Crippen molar-refractivity contribution in [3.8, 4) is 11.5 Å². The first-order valence-corrected chi connectivity index (χ1v) is 9.60. The van der Waals surface area contributed by atoms with Crippen LogP contribution in [0.15, 0.2) is 30.4 Å². The average Bonchev–Trinajstić information content (AvgIpc) is 3.30. The van der Waals surface area contributed by atoms with Gasteiger partial charge in [-0.05, 0) is 48.8 Å². The summed E-state index contributed by atoms with van der Waals surface area (Å²) in [6, 6.07) is 5.39. The van der Waals surface area contributed by atoms with E-state index in [1.165, 1.54) is 19.4 Å². The summed E-state index contributed by atoms with van der Waals surface area (Å²) in [4.78, 5) is 17.3. The number of hydrogen-bond acceptors (Lipinski definition) is 4. The number of ether oxygens (including phenoxy) is 2. The predicted octanol–water partition coefficient (Wildman–Crippen LogP) is 2.67. The summed E-state index contributed by atoms with van der Waals surface area (Å²) < 4.78 is 10.6. The van der Waals surface area contributed by atoms with Gasteiger partial charge in [-0.15, -0.1) is 0 Å². The van der Waals surface area contributed by atoms with Crippen molar-refractivity contribution in [3.63, 3.8) is 0 Å².